The Morgan fingerprint density at radius 2 is 2.12 bits per heavy atom. The second-order valence-corrected chi connectivity index (χ2v) is 5.52. The molecule has 2 N–H and O–H groups in total. The van der Waals surface area contributed by atoms with Crippen molar-refractivity contribution in [1.29, 1.82) is 0 Å². The van der Waals surface area contributed by atoms with Crippen molar-refractivity contribution in [3.8, 4) is 0 Å². The molecule has 0 aliphatic heterocycles. The molecule has 0 spiro atoms. The molecule has 1 atom stereocenters. The summed E-state index contributed by atoms with van der Waals surface area (Å²) in [5.41, 5.74) is 6.92. The van der Waals surface area contributed by atoms with E-state index in [1.165, 1.54) is 17.5 Å². The van der Waals surface area contributed by atoms with Gasteiger partial charge in [-0.25, -0.2) is 4.98 Å². The largest absolute Gasteiger partial charge is 0.443 e. The van der Waals surface area contributed by atoms with E-state index in [1.54, 1.807) is 0 Å². The molecular weight excluding hydrogens is 269 g/mol. The number of thiophene rings is 1. The highest BCUT2D eigenvalue weighted by Crippen LogP contribution is 2.36. The molecule has 7 heteroatoms. The molecule has 0 radical (unpaired) electrons. The number of halogens is 3. The Kier molecular flexibility index (Phi) is 3.24. The summed E-state index contributed by atoms with van der Waals surface area (Å²) in [6, 6.07) is 1.37. The van der Waals surface area contributed by atoms with Crippen LogP contribution in [0.5, 0.6) is 0 Å². The number of hydrogen-bond acceptors (Lipinski definition) is 4. The molecule has 0 saturated heterocycles. The Hall–Kier alpha value is -0.920. The normalized spacial score (nSPS) is 13.9. The highest BCUT2D eigenvalue weighted by Gasteiger charge is 2.35. The van der Waals surface area contributed by atoms with Gasteiger partial charge in [-0.2, -0.15) is 13.2 Å². The lowest BCUT2D eigenvalue weighted by atomic mass is 10.1. The third-order valence-corrected chi connectivity index (χ3v) is 4.48. The Morgan fingerprint density at radius 3 is 2.59 bits per heavy atom. The van der Waals surface area contributed by atoms with E-state index in [0.717, 1.165) is 10.4 Å². The zero-order valence-electron chi connectivity index (χ0n) is 8.78. The number of hydrogen-bond donors (Lipinski definition) is 1. The van der Waals surface area contributed by atoms with Gasteiger partial charge in [0, 0.05) is 16.0 Å². The molecule has 0 aromatic carbocycles. The molecule has 0 bridgehead atoms. The molecule has 2 nitrogen and oxygen atoms in total. The van der Waals surface area contributed by atoms with E-state index in [-0.39, 0.29) is 0 Å². The first-order valence-electron chi connectivity index (χ1n) is 4.72. The fraction of sp³-hybridized carbons (Fsp3) is 0.300. The van der Waals surface area contributed by atoms with E-state index >= 15 is 0 Å². The van der Waals surface area contributed by atoms with Crippen LogP contribution in [0.25, 0.3) is 0 Å². The van der Waals surface area contributed by atoms with Crippen molar-refractivity contribution in [1.82, 2.24) is 4.98 Å². The molecule has 17 heavy (non-hydrogen) atoms. The first-order valence-corrected chi connectivity index (χ1v) is 6.41. The maximum atomic E-state index is 12.4. The predicted molar refractivity (Wildman–Crippen MR) is 62.2 cm³/mol. The first-order chi connectivity index (χ1) is 7.89. The van der Waals surface area contributed by atoms with Gasteiger partial charge in [-0.1, -0.05) is 0 Å². The molecule has 2 aromatic heterocycles. The zero-order chi connectivity index (χ0) is 12.6. The minimum Gasteiger partial charge on any atom is -0.319 e. The summed E-state index contributed by atoms with van der Waals surface area (Å²) in [6.07, 6.45) is -3.19. The van der Waals surface area contributed by atoms with Gasteiger partial charge in [0.25, 0.3) is 0 Å². The lowest BCUT2D eigenvalue weighted by Gasteiger charge is -2.07. The van der Waals surface area contributed by atoms with Gasteiger partial charge in [0.15, 0.2) is 5.01 Å². The molecule has 0 amide bonds. The van der Waals surface area contributed by atoms with Crippen molar-refractivity contribution in [2.75, 3.05) is 0 Å². The van der Waals surface area contributed by atoms with Crippen LogP contribution in [0.3, 0.4) is 0 Å². The Balaban J connectivity index is 2.30. The van der Waals surface area contributed by atoms with Crippen molar-refractivity contribution in [2.45, 2.75) is 19.1 Å². The summed E-state index contributed by atoms with van der Waals surface area (Å²) in [5, 5.41) is 1.02. The van der Waals surface area contributed by atoms with Crippen LogP contribution < -0.4 is 5.73 Å². The van der Waals surface area contributed by atoms with Gasteiger partial charge in [0.1, 0.15) is 0 Å². The summed E-state index contributed by atoms with van der Waals surface area (Å²) in [7, 11) is 0. The molecule has 1 unspecified atom stereocenters. The Labute approximate surface area is 104 Å². The second kappa shape index (κ2) is 4.40. The smallest absolute Gasteiger partial charge is 0.319 e. The van der Waals surface area contributed by atoms with Crippen molar-refractivity contribution >= 4 is 22.7 Å². The number of aromatic nitrogens is 1. The third kappa shape index (κ3) is 2.51. The molecule has 0 saturated carbocycles. The summed E-state index contributed by atoms with van der Waals surface area (Å²) >= 11 is 2.04. The maximum Gasteiger partial charge on any atom is 0.443 e. The Morgan fingerprint density at radius 1 is 1.41 bits per heavy atom. The predicted octanol–water partition coefficient (Wildman–Crippen LogP) is 3.58. The topological polar surface area (TPSA) is 38.9 Å². The lowest BCUT2D eigenvalue weighted by molar-refractivity contribution is -0.137. The number of nitrogens with zero attached hydrogens (tertiary/aromatic N) is 1. The van der Waals surface area contributed by atoms with E-state index in [9.17, 15) is 13.2 Å². The van der Waals surface area contributed by atoms with E-state index in [1.807, 2.05) is 18.4 Å². The van der Waals surface area contributed by atoms with Crippen LogP contribution in [-0.2, 0) is 6.18 Å². The van der Waals surface area contributed by atoms with Crippen molar-refractivity contribution in [3.05, 3.63) is 38.0 Å². The molecule has 0 fully saturated rings. The van der Waals surface area contributed by atoms with Crippen LogP contribution in [0.4, 0.5) is 13.2 Å². The standard InChI is InChI=1S/C10H9F3N2S2/c1-5-2-3-16-8(5)7(14)6-4-15-9(17-6)10(11,12)13/h2-4,7H,14H2,1H3. The average molecular weight is 278 g/mol. The van der Waals surface area contributed by atoms with Crippen molar-refractivity contribution < 1.29 is 13.2 Å². The molecule has 2 aromatic rings. The van der Waals surface area contributed by atoms with Crippen LogP contribution in [0.1, 0.15) is 26.4 Å². The van der Waals surface area contributed by atoms with Crippen LogP contribution in [-0.4, -0.2) is 4.98 Å². The highest BCUT2D eigenvalue weighted by molar-refractivity contribution is 7.12. The van der Waals surface area contributed by atoms with Gasteiger partial charge in [-0.3, -0.25) is 0 Å². The Bertz CT molecular complexity index is 516. The van der Waals surface area contributed by atoms with Gasteiger partial charge < -0.3 is 5.73 Å². The monoisotopic (exact) mass is 278 g/mol. The minimum absolute atomic E-state index is 0.433. The second-order valence-electron chi connectivity index (χ2n) is 3.51. The van der Waals surface area contributed by atoms with E-state index in [4.69, 9.17) is 5.73 Å². The number of alkyl halides is 3. The molecule has 2 heterocycles. The van der Waals surface area contributed by atoms with Crippen LogP contribution in [0.15, 0.2) is 17.6 Å². The van der Waals surface area contributed by atoms with Crippen LogP contribution in [0, 0.1) is 6.92 Å². The number of thiazole rings is 1. The molecule has 92 valence electrons. The first kappa shape index (κ1) is 12.5. The zero-order valence-corrected chi connectivity index (χ0v) is 10.4. The van der Waals surface area contributed by atoms with Gasteiger partial charge in [-0.15, -0.1) is 22.7 Å². The third-order valence-electron chi connectivity index (χ3n) is 2.26. The van der Waals surface area contributed by atoms with Gasteiger partial charge in [0.05, 0.1) is 6.04 Å². The highest BCUT2D eigenvalue weighted by atomic mass is 32.1. The minimum atomic E-state index is -4.40. The average Bonchev–Trinajstić information content (AvgIpc) is 2.83. The molecule has 2 rings (SSSR count). The fourth-order valence-corrected chi connectivity index (χ4v) is 3.21. The summed E-state index contributed by atoms with van der Waals surface area (Å²) in [6.45, 7) is 1.89. The number of rotatable bonds is 2. The molecular formula is C10H9F3N2S2. The molecule has 0 aliphatic rings. The fourth-order valence-electron chi connectivity index (χ4n) is 1.39. The van der Waals surface area contributed by atoms with Crippen molar-refractivity contribution in [3.63, 3.8) is 0 Å². The van der Waals surface area contributed by atoms with E-state index < -0.39 is 17.2 Å². The number of aryl methyl sites for hydroxylation is 1. The van der Waals surface area contributed by atoms with E-state index in [0.29, 0.717) is 16.2 Å². The van der Waals surface area contributed by atoms with Crippen LogP contribution in [0.2, 0.25) is 0 Å². The summed E-state index contributed by atoms with van der Waals surface area (Å²) < 4.78 is 37.2. The summed E-state index contributed by atoms with van der Waals surface area (Å²) in [4.78, 5) is 4.68. The van der Waals surface area contributed by atoms with Gasteiger partial charge >= 0.3 is 6.18 Å². The molecule has 0 aliphatic carbocycles. The van der Waals surface area contributed by atoms with Gasteiger partial charge in [0.2, 0.25) is 0 Å². The van der Waals surface area contributed by atoms with Crippen LogP contribution >= 0.6 is 22.7 Å². The maximum absolute atomic E-state index is 12.4. The SMILES string of the molecule is Cc1ccsc1C(N)c1cnc(C(F)(F)F)s1. The number of nitrogens with two attached hydrogens (primary N) is 1. The van der Waals surface area contributed by atoms with Crippen molar-refractivity contribution in [2.24, 2.45) is 5.73 Å². The lowest BCUT2D eigenvalue weighted by Crippen LogP contribution is -2.09. The quantitative estimate of drug-likeness (QED) is 0.912. The van der Waals surface area contributed by atoms with E-state index in [2.05, 4.69) is 4.98 Å². The summed E-state index contributed by atoms with van der Waals surface area (Å²) in [5.74, 6) is 0. The van der Waals surface area contributed by atoms with Gasteiger partial charge in [-0.05, 0) is 23.9 Å².